The minimum Gasteiger partial charge on any atom is -0.393 e. The van der Waals surface area contributed by atoms with Gasteiger partial charge in [-0.15, -0.1) is 11.3 Å². The summed E-state index contributed by atoms with van der Waals surface area (Å²) in [6.45, 7) is 3.81. The van der Waals surface area contributed by atoms with Crippen molar-refractivity contribution < 1.29 is 5.11 Å². The molecule has 4 rings (SSSR count). The molecule has 1 unspecified atom stereocenters. The molecular formula is C15H19N5OS. The first-order valence-electron chi connectivity index (χ1n) is 7.54. The van der Waals surface area contributed by atoms with E-state index in [4.69, 9.17) is 10.7 Å². The largest absolute Gasteiger partial charge is 0.393 e. The lowest BCUT2D eigenvalue weighted by Crippen LogP contribution is -2.36. The minimum absolute atomic E-state index is 0.172. The molecule has 7 heteroatoms. The summed E-state index contributed by atoms with van der Waals surface area (Å²) >= 11 is 1.61. The van der Waals surface area contributed by atoms with Gasteiger partial charge in [-0.25, -0.2) is 4.98 Å². The maximum Gasteiger partial charge on any atom is 0.136 e. The summed E-state index contributed by atoms with van der Waals surface area (Å²) in [5.74, 6) is 0.991. The maximum absolute atomic E-state index is 9.66. The lowest BCUT2D eigenvalue weighted by atomic mass is 10.1. The summed E-state index contributed by atoms with van der Waals surface area (Å²) in [6.07, 6.45) is 2.80. The van der Waals surface area contributed by atoms with E-state index in [9.17, 15) is 5.11 Å². The van der Waals surface area contributed by atoms with Crippen molar-refractivity contribution in [1.29, 1.82) is 0 Å². The highest BCUT2D eigenvalue weighted by Crippen LogP contribution is 2.42. The molecule has 0 aromatic carbocycles. The average molecular weight is 317 g/mol. The number of aliphatic hydroxyl groups is 1. The summed E-state index contributed by atoms with van der Waals surface area (Å²) in [4.78, 5) is 13.3. The van der Waals surface area contributed by atoms with E-state index in [1.165, 1.54) is 5.56 Å². The van der Waals surface area contributed by atoms with Crippen LogP contribution in [0.1, 0.15) is 29.4 Å². The Morgan fingerprint density at radius 3 is 2.95 bits per heavy atom. The molecule has 2 aromatic heterocycles. The number of hydrogen-bond acceptors (Lipinski definition) is 7. The molecule has 0 amide bonds. The molecule has 2 aromatic rings. The van der Waals surface area contributed by atoms with E-state index in [1.807, 2.05) is 0 Å². The third kappa shape index (κ3) is 2.16. The number of hydrogen-bond donors (Lipinski definition) is 3. The van der Waals surface area contributed by atoms with E-state index in [-0.39, 0.29) is 12.3 Å². The van der Waals surface area contributed by atoms with Gasteiger partial charge in [0.1, 0.15) is 16.8 Å². The monoisotopic (exact) mass is 317 g/mol. The van der Waals surface area contributed by atoms with E-state index in [0.717, 1.165) is 52.5 Å². The van der Waals surface area contributed by atoms with Crippen LogP contribution in [0.3, 0.4) is 0 Å². The number of thiophene rings is 1. The smallest absolute Gasteiger partial charge is 0.136 e. The molecule has 6 nitrogen and oxygen atoms in total. The van der Waals surface area contributed by atoms with Crippen LogP contribution in [-0.2, 0) is 0 Å². The molecule has 4 N–H and O–H groups in total. The van der Waals surface area contributed by atoms with Crippen LogP contribution in [-0.4, -0.2) is 35.6 Å². The van der Waals surface area contributed by atoms with Gasteiger partial charge in [0, 0.05) is 18.5 Å². The van der Waals surface area contributed by atoms with Crippen LogP contribution < -0.4 is 16.0 Å². The summed E-state index contributed by atoms with van der Waals surface area (Å²) in [7, 11) is 0. The van der Waals surface area contributed by atoms with Crippen LogP contribution in [0.2, 0.25) is 0 Å². The van der Waals surface area contributed by atoms with Crippen LogP contribution >= 0.6 is 11.3 Å². The molecule has 0 bridgehead atoms. The molecule has 0 spiro atoms. The van der Waals surface area contributed by atoms with Crippen LogP contribution in [0.15, 0.2) is 11.1 Å². The molecule has 0 aliphatic carbocycles. The topological polar surface area (TPSA) is 86.8 Å². The Morgan fingerprint density at radius 2 is 2.18 bits per heavy atom. The van der Waals surface area contributed by atoms with Gasteiger partial charge in [-0.1, -0.05) is 0 Å². The summed E-state index contributed by atoms with van der Waals surface area (Å²) in [5.41, 5.74) is 8.31. The Balaban J connectivity index is 1.77. The number of rotatable bonds is 1. The van der Waals surface area contributed by atoms with Gasteiger partial charge in [-0.05, 0) is 31.4 Å². The number of aryl methyl sites for hydroxylation is 1. The number of aromatic nitrogens is 1. The molecule has 116 valence electrons. The highest BCUT2D eigenvalue weighted by Gasteiger charge is 2.24. The number of piperidine rings is 1. The molecule has 1 atom stereocenters. The zero-order chi connectivity index (χ0) is 15.3. The Bertz CT molecular complexity index is 748. The second-order valence-corrected chi connectivity index (χ2v) is 6.94. The van der Waals surface area contributed by atoms with Crippen molar-refractivity contribution in [2.75, 3.05) is 23.3 Å². The fourth-order valence-electron chi connectivity index (χ4n) is 3.14. The first-order valence-corrected chi connectivity index (χ1v) is 8.36. The van der Waals surface area contributed by atoms with Crippen LogP contribution in [0.25, 0.3) is 10.2 Å². The fourth-order valence-corrected chi connectivity index (χ4v) is 4.30. The van der Waals surface area contributed by atoms with Gasteiger partial charge in [-0.3, -0.25) is 4.99 Å². The fraction of sp³-hybridized carbons (Fsp3) is 0.467. The van der Waals surface area contributed by atoms with Crippen molar-refractivity contribution in [2.45, 2.75) is 32.0 Å². The zero-order valence-corrected chi connectivity index (χ0v) is 13.2. The molecule has 22 heavy (non-hydrogen) atoms. The number of fused-ring (bicyclic) bond motifs is 3. The van der Waals surface area contributed by atoms with Gasteiger partial charge in [0.15, 0.2) is 0 Å². The van der Waals surface area contributed by atoms with Gasteiger partial charge in [0.2, 0.25) is 0 Å². The summed E-state index contributed by atoms with van der Waals surface area (Å²) < 4.78 is 0. The van der Waals surface area contributed by atoms with E-state index < -0.39 is 0 Å². The molecule has 2 aliphatic rings. The van der Waals surface area contributed by atoms with E-state index in [2.05, 4.69) is 28.2 Å². The lowest BCUT2D eigenvalue weighted by molar-refractivity contribution is 0.145. The molecule has 4 heterocycles. The number of nitrogens with one attached hydrogen (secondary N) is 1. The van der Waals surface area contributed by atoms with Crippen molar-refractivity contribution in [2.24, 2.45) is 10.7 Å². The highest BCUT2D eigenvalue weighted by molar-refractivity contribution is 7.19. The second-order valence-electron chi connectivity index (χ2n) is 5.90. The Morgan fingerprint density at radius 1 is 1.41 bits per heavy atom. The number of nitrogens with zero attached hydrogens (tertiary/aromatic N) is 3. The van der Waals surface area contributed by atoms with E-state index >= 15 is 0 Å². The molecule has 0 radical (unpaired) electrons. The first kappa shape index (κ1) is 13.9. The molecule has 1 fully saturated rings. The second kappa shape index (κ2) is 5.19. The van der Waals surface area contributed by atoms with Crippen molar-refractivity contribution in [3.63, 3.8) is 0 Å². The van der Waals surface area contributed by atoms with Crippen LogP contribution in [0, 0.1) is 6.92 Å². The summed E-state index contributed by atoms with van der Waals surface area (Å²) in [5, 5.41) is 14.0. The Hall–Kier alpha value is -1.70. The van der Waals surface area contributed by atoms with Crippen molar-refractivity contribution in [3.05, 3.63) is 16.5 Å². The maximum atomic E-state index is 9.66. The quantitative estimate of drug-likeness (QED) is 0.748. The lowest BCUT2D eigenvalue weighted by Gasteiger charge is -2.30. The third-order valence-electron chi connectivity index (χ3n) is 4.37. The SMILES string of the molecule is Cc1cc(N2CCC(O)CC2)nc2sc3c(c12)NC=NC3N. The van der Waals surface area contributed by atoms with Gasteiger partial charge in [0.05, 0.1) is 23.0 Å². The van der Waals surface area contributed by atoms with Crippen molar-refractivity contribution in [1.82, 2.24) is 4.98 Å². The third-order valence-corrected chi connectivity index (χ3v) is 5.53. The predicted octanol–water partition coefficient (Wildman–Crippen LogP) is 1.98. The van der Waals surface area contributed by atoms with Gasteiger partial charge >= 0.3 is 0 Å². The van der Waals surface area contributed by atoms with Gasteiger partial charge in [-0.2, -0.15) is 0 Å². The van der Waals surface area contributed by atoms with Gasteiger partial charge < -0.3 is 21.1 Å². The number of pyridine rings is 1. The van der Waals surface area contributed by atoms with Crippen LogP contribution in [0.5, 0.6) is 0 Å². The van der Waals surface area contributed by atoms with Crippen molar-refractivity contribution >= 4 is 39.4 Å². The average Bonchev–Trinajstić information content (AvgIpc) is 2.88. The molecular weight excluding hydrogens is 298 g/mol. The molecule has 1 saturated heterocycles. The standard InChI is InChI=1S/C15H19N5OS/c1-8-6-10(20-4-2-9(21)3-5-20)19-15-11(8)12-13(22-15)14(16)18-7-17-12/h6-7,9,14,21H,2-5,16H2,1H3,(H,17,18). The van der Waals surface area contributed by atoms with E-state index in [0.29, 0.717) is 0 Å². The van der Waals surface area contributed by atoms with Crippen LogP contribution in [0.4, 0.5) is 11.5 Å². The number of nitrogens with two attached hydrogens (primary N) is 1. The molecule has 2 aliphatic heterocycles. The van der Waals surface area contributed by atoms with E-state index in [1.54, 1.807) is 17.7 Å². The first-order chi connectivity index (χ1) is 10.6. The number of aliphatic imine (C=N–C) groups is 1. The normalized spacial score (nSPS) is 22.0. The van der Waals surface area contributed by atoms with Crippen molar-refractivity contribution in [3.8, 4) is 0 Å². The Labute approximate surface area is 132 Å². The molecule has 0 saturated carbocycles. The minimum atomic E-state index is -0.302. The Kier molecular flexibility index (Phi) is 3.28. The van der Waals surface area contributed by atoms with Gasteiger partial charge in [0.25, 0.3) is 0 Å². The predicted molar refractivity (Wildman–Crippen MR) is 90.9 cm³/mol. The number of aliphatic hydroxyl groups excluding tert-OH is 1. The summed E-state index contributed by atoms with van der Waals surface area (Å²) in [6, 6.07) is 2.13. The zero-order valence-electron chi connectivity index (χ0n) is 12.4. The number of anilines is 2. The highest BCUT2D eigenvalue weighted by atomic mass is 32.1.